The summed E-state index contributed by atoms with van der Waals surface area (Å²) in [5.74, 6) is 0.281. The number of hydrogen-bond acceptors (Lipinski definition) is 4. The quantitative estimate of drug-likeness (QED) is 0.809. The Kier molecular flexibility index (Phi) is 4.22. The minimum atomic E-state index is -0.890. The Bertz CT molecular complexity index is 486. The number of rotatable bonds is 6. The van der Waals surface area contributed by atoms with E-state index in [1.807, 2.05) is 12.1 Å². The van der Waals surface area contributed by atoms with Gasteiger partial charge in [0.1, 0.15) is 0 Å². The van der Waals surface area contributed by atoms with Gasteiger partial charge in [-0.2, -0.15) is 0 Å². The van der Waals surface area contributed by atoms with Gasteiger partial charge in [-0.1, -0.05) is 12.1 Å². The van der Waals surface area contributed by atoms with Crippen molar-refractivity contribution in [2.45, 2.75) is 25.8 Å². The molecular formula is C13H15NO5. The molecule has 1 aromatic rings. The Hall–Kier alpha value is -2.24. The van der Waals surface area contributed by atoms with Gasteiger partial charge < -0.3 is 19.9 Å². The van der Waals surface area contributed by atoms with E-state index in [4.69, 9.17) is 14.6 Å². The van der Waals surface area contributed by atoms with Gasteiger partial charge in [0.15, 0.2) is 11.5 Å². The molecule has 0 atom stereocenters. The number of para-hydroxylation sites is 1. The molecule has 1 aliphatic heterocycles. The molecule has 1 amide bonds. The number of carboxylic acids is 1. The van der Waals surface area contributed by atoms with Crippen LogP contribution in [-0.4, -0.2) is 23.8 Å². The topological polar surface area (TPSA) is 84.9 Å². The number of ether oxygens (including phenoxy) is 2. The van der Waals surface area contributed by atoms with E-state index in [1.54, 1.807) is 6.07 Å². The second kappa shape index (κ2) is 6.08. The summed E-state index contributed by atoms with van der Waals surface area (Å²) in [4.78, 5) is 21.8. The minimum absolute atomic E-state index is 0.00507. The minimum Gasteiger partial charge on any atom is -0.481 e. The maximum atomic E-state index is 11.5. The van der Waals surface area contributed by atoms with E-state index in [0.717, 1.165) is 5.56 Å². The summed E-state index contributed by atoms with van der Waals surface area (Å²) in [5.41, 5.74) is 0.849. The third kappa shape index (κ3) is 3.61. The molecule has 0 radical (unpaired) electrons. The summed E-state index contributed by atoms with van der Waals surface area (Å²) in [6.07, 6.45) is 0.553. The molecule has 6 nitrogen and oxygen atoms in total. The molecule has 102 valence electrons. The third-order valence-corrected chi connectivity index (χ3v) is 2.75. The Morgan fingerprint density at radius 1 is 1.26 bits per heavy atom. The molecule has 2 N–H and O–H groups in total. The van der Waals surface area contributed by atoms with Crippen molar-refractivity contribution in [2.75, 3.05) is 6.79 Å². The molecular weight excluding hydrogens is 250 g/mol. The second-order valence-electron chi connectivity index (χ2n) is 4.17. The van der Waals surface area contributed by atoms with E-state index in [9.17, 15) is 9.59 Å². The van der Waals surface area contributed by atoms with Crippen LogP contribution in [0.1, 0.15) is 24.8 Å². The van der Waals surface area contributed by atoms with Crippen molar-refractivity contribution in [3.8, 4) is 11.5 Å². The van der Waals surface area contributed by atoms with Gasteiger partial charge in [-0.15, -0.1) is 0 Å². The zero-order valence-electron chi connectivity index (χ0n) is 10.3. The molecule has 6 heteroatoms. The van der Waals surface area contributed by atoms with Crippen molar-refractivity contribution in [2.24, 2.45) is 0 Å². The van der Waals surface area contributed by atoms with Gasteiger partial charge >= 0.3 is 5.97 Å². The fourth-order valence-electron chi connectivity index (χ4n) is 1.81. The van der Waals surface area contributed by atoms with E-state index < -0.39 is 5.97 Å². The largest absolute Gasteiger partial charge is 0.481 e. The molecule has 0 saturated heterocycles. The lowest BCUT2D eigenvalue weighted by atomic mass is 10.1. The monoisotopic (exact) mass is 265 g/mol. The second-order valence-corrected chi connectivity index (χ2v) is 4.17. The van der Waals surface area contributed by atoms with Gasteiger partial charge in [-0.25, -0.2) is 0 Å². The molecule has 0 saturated carbocycles. The standard InChI is InChI=1S/C13H15NO5/c15-11(5-2-6-12(16)17)14-7-9-3-1-4-10-13(9)19-8-18-10/h1,3-4H,2,5-8H2,(H,14,15)(H,16,17). The Morgan fingerprint density at radius 2 is 2.11 bits per heavy atom. The number of carboxylic acid groups (broad SMARTS) is 1. The van der Waals surface area contributed by atoms with Gasteiger partial charge in [0.25, 0.3) is 0 Å². The van der Waals surface area contributed by atoms with Crippen molar-refractivity contribution in [3.05, 3.63) is 23.8 Å². The predicted octanol–water partition coefficient (Wildman–Crippen LogP) is 1.29. The lowest BCUT2D eigenvalue weighted by Gasteiger charge is -2.07. The van der Waals surface area contributed by atoms with Crippen molar-refractivity contribution in [3.63, 3.8) is 0 Å². The summed E-state index contributed by atoms with van der Waals surface area (Å²) in [6.45, 7) is 0.539. The number of hydrogen-bond donors (Lipinski definition) is 2. The van der Waals surface area contributed by atoms with Crippen molar-refractivity contribution in [1.29, 1.82) is 0 Å². The van der Waals surface area contributed by atoms with Gasteiger partial charge in [0.05, 0.1) is 0 Å². The molecule has 0 fully saturated rings. The fourth-order valence-corrected chi connectivity index (χ4v) is 1.81. The van der Waals surface area contributed by atoms with Gasteiger partial charge in [-0.3, -0.25) is 9.59 Å². The lowest BCUT2D eigenvalue weighted by Crippen LogP contribution is -2.22. The Morgan fingerprint density at radius 3 is 2.89 bits per heavy atom. The molecule has 1 aromatic carbocycles. The first kappa shape index (κ1) is 13.2. The maximum absolute atomic E-state index is 11.5. The van der Waals surface area contributed by atoms with Gasteiger partial charge in [0, 0.05) is 24.9 Å². The maximum Gasteiger partial charge on any atom is 0.303 e. The van der Waals surface area contributed by atoms with Crippen LogP contribution < -0.4 is 14.8 Å². The number of aliphatic carboxylic acids is 1. The molecule has 2 rings (SSSR count). The van der Waals surface area contributed by atoms with Crippen LogP contribution in [0, 0.1) is 0 Å². The molecule has 0 bridgehead atoms. The zero-order chi connectivity index (χ0) is 13.7. The SMILES string of the molecule is O=C(O)CCCC(=O)NCc1cccc2c1OCO2. The van der Waals surface area contributed by atoms with Crippen LogP contribution in [0.5, 0.6) is 11.5 Å². The molecule has 1 aliphatic rings. The van der Waals surface area contributed by atoms with Crippen molar-refractivity contribution in [1.82, 2.24) is 5.32 Å². The summed E-state index contributed by atoms with van der Waals surface area (Å²) < 4.78 is 10.6. The summed E-state index contributed by atoms with van der Waals surface area (Å²) in [5, 5.41) is 11.2. The van der Waals surface area contributed by atoms with E-state index in [2.05, 4.69) is 5.32 Å². The summed E-state index contributed by atoms with van der Waals surface area (Å²) in [6, 6.07) is 5.49. The smallest absolute Gasteiger partial charge is 0.303 e. The average molecular weight is 265 g/mol. The van der Waals surface area contributed by atoms with Gasteiger partial charge in [0.2, 0.25) is 12.7 Å². The van der Waals surface area contributed by atoms with Crippen molar-refractivity contribution < 1.29 is 24.2 Å². The molecule has 0 unspecified atom stereocenters. The van der Waals surface area contributed by atoms with Crippen LogP contribution in [0.15, 0.2) is 18.2 Å². The number of amides is 1. The van der Waals surface area contributed by atoms with E-state index >= 15 is 0 Å². The molecule has 19 heavy (non-hydrogen) atoms. The predicted molar refractivity (Wildman–Crippen MR) is 65.9 cm³/mol. The lowest BCUT2D eigenvalue weighted by molar-refractivity contribution is -0.137. The first-order valence-corrected chi connectivity index (χ1v) is 6.03. The summed E-state index contributed by atoms with van der Waals surface area (Å²) in [7, 11) is 0. The molecule has 0 aromatic heterocycles. The number of carbonyl (C=O) groups is 2. The van der Waals surface area contributed by atoms with E-state index in [0.29, 0.717) is 24.5 Å². The first-order chi connectivity index (χ1) is 9.16. The van der Waals surface area contributed by atoms with Crippen LogP contribution in [-0.2, 0) is 16.1 Å². The number of carbonyl (C=O) groups excluding carboxylic acids is 1. The van der Waals surface area contributed by atoms with Gasteiger partial charge in [-0.05, 0) is 12.5 Å². The highest BCUT2D eigenvalue weighted by molar-refractivity contribution is 5.76. The zero-order valence-corrected chi connectivity index (χ0v) is 10.3. The highest BCUT2D eigenvalue weighted by Gasteiger charge is 2.17. The first-order valence-electron chi connectivity index (χ1n) is 6.03. The Balaban J connectivity index is 1.81. The average Bonchev–Trinajstić information content (AvgIpc) is 2.84. The highest BCUT2D eigenvalue weighted by atomic mass is 16.7. The van der Waals surface area contributed by atoms with E-state index in [-0.39, 0.29) is 25.5 Å². The molecule has 0 spiro atoms. The van der Waals surface area contributed by atoms with Crippen molar-refractivity contribution >= 4 is 11.9 Å². The molecule has 1 heterocycles. The van der Waals surface area contributed by atoms with Crippen LogP contribution in [0.4, 0.5) is 0 Å². The van der Waals surface area contributed by atoms with Crippen LogP contribution in [0.3, 0.4) is 0 Å². The van der Waals surface area contributed by atoms with E-state index in [1.165, 1.54) is 0 Å². The number of benzene rings is 1. The number of nitrogens with one attached hydrogen (secondary N) is 1. The number of fused-ring (bicyclic) bond motifs is 1. The third-order valence-electron chi connectivity index (χ3n) is 2.75. The van der Waals surface area contributed by atoms with Crippen LogP contribution in [0.25, 0.3) is 0 Å². The summed E-state index contributed by atoms with van der Waals surface area (Å²) >= 11 is 0. The molecule has 0 aliphatic carbocycles. The van der Waals surface area contributed by atoms with Crippen LogP contribution >= 0.6 is 0 Å². The normalized spacial score (nSPS) is 12.2. The highest BCUT2D eigenvalue weighted by Crippen LogP contribution is 2.35. The van der Waals surface area contributed by atoms with Crippen LogP contribution in [0.2, 0.25) is 0 Å². The Labute approximate surface area is 110 Å². The fraction of sp³-hybridized carbons (Fsp3) is 0.385.